The second kappa shape index (κ2) is 3.48. The van der Waals surface area contributed by atoms with Gasteiger partial charge < -0.3 is 5.73 Å². The van der Waals surface area contributed by atoms with Gasteiger partial charge in [0.05, 0.1) is 5.54 Å². The van der Waals surface area contributed by atoms with Crippen molar-refractivity contribution in [2.24, 2.45) is 16.6 Å². The summed E-state index contributed by atoms with van der Waals surface area (Å²) in [5, 5.41) is 0.600. The van der Waals surface area contributed by atoms with E-state index in [9.17, 15) is 4.39 Å². The average Bonchev–Trinajstić information content (AvgIpc) is 2.93. The monoisotopic (exact) mass is 236 g/mol. The van der Waals surface area contributed by atoms with E-state index < -0.39 is 0 Å². The molecule has 3 rings (SSSR count). The zero-order valence-corrected chi connectivity index (χ0v) is 9.64. The van der Waals surface area contributed by atoms with Crippen LogP contribution in [0.15, 0.2) is 29.3 Å². The maximum Gasteiger partial charge on any atom is 0.154 e. The van der Waals surface area contributed by atoms with E-state index in [0.717, 1.165) is 18.6 Å². The lowest BCUT2D eigenvalue weighted by Gasteiger charge is -2.13. The van der Waals surface area contributed by atoms with Crippen LogP contribution >= 0.6 is 11.8 Å². The van der Waals surface area contributed by atoms with E-state index in [1.54, 1.807) is 17.8 Å². The summed E-state index contributed by atoms with van der Waals surface area (Å²) in [5.74, 6) is 1.31. The summed E-state index contributed by atoms with van der Waals surface area (Å²) < 4.78 is 13.8. The molecular formula is C12H13FN2S. The molecule has 1 aromatic carbocycles. The molecule has 0 aromatic heterocycles. The van der Waals surface area contributed by atoms with Gasteiger partial charge in [-0.3, -0.25) is 4.99 Å². The predicted molar refractivity (Wildman–Crippen MR) is 64.9 cm³/mol. The van der Waals surface area contributed by atoms with Crippen molar-refractivity contribution in [2.75, 3.05) is 5.75 Å². The number of nitrogens with zero attached hydrogens (tertiary/aromatic N) is 1. The molecule has 0 spiro atoms. The van der Waals surface area contributed by atoms with Gasteiger partial charge in [-0.15, -0.1) is 0 Å². The minimum Gasteiger partial charge on any atom is -0.379 e. The van der Waals surface area contributed by atoms with Crippen LogP contribution in [0.4, 0.5) is 4.39 Å². The van der Waals surface area contributed by atoms with Crippen molar-refractivity contribution in [3.05, 3.63) is 35.6 Å². The molecule has 0 saturated heterocycles. The van der Waals surface area contributed by atoms with Crippen LogP contribution in [0, 0.1) is 11.7 Å². The summed E-state index contributed by atoms with van der Waals surface area (Å²) in [4.78, 5) is 4.53. The number of fused-ring (bicyclic) bond motifs is 1. The SMILES string of the molecule is NC1=N[C@@]2(c3ccccc3F)C[C@H]2CCS1. The van der Waals surface area contributed by atoms with Crippen molar-refractivity contribution < 1.29 is 4.39 Å². The second-order valence-electron chi connectivity index (χ2n) is 4.39. The summed E-state index contributed by atoms with van der Waals surface area (Å²) in [5.41, 5.74) is 6.18. The molecule has 0 unspecified atom stereocenters. The number of hydrogen-bond donors (Lipinski definition) is 1. The molecule has 1 heterocycles. The van der Waals surface area contributed by atoms with Gasteiger partial charge in [0.1, 0.15) is 5.82 Å². The van der Waals surface area contributed by atoms with E-state index in [-0.39, 0.29) is 11.4 Å². The Labute approximate surface area is 98.1 Å². The summed E-state index contributed by atoms with van der Waals surface area (Å²) >= 11 is 1.58. The highest BCUT2D eigenvalue weighted by atomic mass is 32.2. The summed E-state index contributed by atoms with van der Waals surface area (Å²) in [6, 6.07) is 6.92. The largest absolute Gasteiger partial charge is 0.379 e. The first-order valence-electron chi connectivity index (χ1n) is 5.45. The minimum absolute atomic E-state index is 0.159. The number of thioether (sulfide) groups is 1. The van der Waals surface area contributed by atoms with Crippen molar-refractivity contribution in [2.45, 2.75) is 18.4 Å². The lowest BCUT2D eigenvalue weighted by Crippen LogP contribution is -2.14. The third kappa shape index (κ3) is 1.44. The fourth-order valence-corrected chi connectivity index (χ4v) is 3.37. The molecule has 1 saturated carbocycles. The molecule has 1 fully saturated rings. The highest BCUT2D eigenvalue weighted by Crippen LogP contribution is 2.59. The van der Waals surface area contributed by atoms with Crippen molar-refractivity contribution in [1.29, 1.82) is 0 Å². The number of amidine groups is 1. The first-order chi connectivity index (χ1) is 7.72. The van der Waals surface area contributed by atoms with Gasteiger partial charge in [0, 0.05) is 11.3 Å². The molecule has 2 atom stereocenters. The normalized spacial score (nSPS) is 32.6. The van der Waals surface area contributed by atoms with E-state index >= 15 is 0 Å². The number of nitrogens with two attached hydrogens (primary N) is 1. The molecule has 2 aliphatic rings. The predicted octanol–water partition coefficient (Wildman–Crippen LogP) is 2.49. The van der Waals surface area contributed by atoms with E-state index in [4.69, 9.17) is 5.73 Å². The quantitative estimate of drug-likeness (QED) is 0.813. The molecule has 0 bridgehead atoms. The van der Waals surface area contributed by atoms with Gasteiger partial charge in [-0.25, -0.2) is 4.39 Å². The van der Waals surface area contributed by atoms with E-state index in [2.05, 4.69) is 4.99 Å². The number of hydrogen-bond acceptors (Lipinski definition) is 3. The Bertz CT molecular complexity index is 460. The molecule has 1 aliphatic heterocycles. The zero-order chi connectivity index (χ0) is 11.2. The van der Waals surface area contributed by atoms with Crippen LogP contribution in [0.1, 0.15) is 18.4 Å². The third-order valence-corrected chi connectivity index (χ3v) is 4.27. The van der Waals surface area contributed by atoms with E-state index in [0.29, 0.717) is 16.6 Å². The Hall–Kier alpha value is -1.03. The van der Waals surface area contributed by atoms with Crippen LogP contribution in [0.3, 0.4) is 0 Å². The van der Waals surface area contributed by atoms with Gasteiger partial charge in [-0.05, 0) is 24.8 Å². The zero-order valence-electron chi connectivity index (χ0n) is 8.82. The molecule has 1 aromatic rings. The van der Waals surface area contributed by atoms with Crippen LogP contribution in [0.2, 0.25) is 0 Å². The molecule has 0 radical (unpaired) electrons. The molecule has 0 amide bonds. The number of benzene rings is 1. The number of aliphatic imine (C=N–C) groups is 1. The van der Waals surface area contributed by atoms with Gasteiger partial charge in [-0.2, -0.15) is 0 Å². The van der Waals surface area contributed by atoms with Gasteiger partial charge in [-0.1, -0.05) is 30.0 Å². The second-order valence-corrected chi connectivity index (χ2v) is 5.51. The molecule has 84 valence electrons. The molecular weight excluding hydrogens is 223 g/mol. The Kier molecular flexibility index (Phi) is 2.21. The van der Waals surface area contributed by atoms with Crippen LogP contribution in [0.5, 0.6) is 0 Å². The Morgan fingerprint density at radius 3 is 3.06 bits per heavy atom. The maximum atomic E-state index is 13.8. The Morgan fingerprint density at radius 2 is 2.25 bits per heavy atom. The highest BCUT2D eigenvalue weighted by molar-refractivity contribution is 8.13. The van der Waals surface area contributed by atoms with Gasteiger partial charge in [0.15, 0.2) is 5.17 Å². The molecule has 2 nitrogen and oxygen atoms in total. The topological polar surface area (TPSA) is 38.4 Å². The Balaban J connectivity index is 2.06. The summed E-state index contributed by atoms with van der Waals surface area (Å²) in [7, 11) is 0. The van der Waals surface area contributed by atoms with Gasteiger partial charge >= 0.3 is 0 Å². The number of rotatable bonds is 1. The molecule has 16 heavy (non-hydrogen) atoms. The lowest BCUT2D eigenvalue weighted by molar-refractivity contribution is 0.551. The fraction of sp³-hybridized carbons (Fsp3) is 0.417. The Morgan fingerprint density at radius 1 is 1.44 bits per heavy atom. The highest BCUT2D eigenvalue weighted by Gasteiger charge is 2.57. The summed E-state index contributed by atoms with van der Waals surface area (Å²) in [6.45, 7) is 0. The van der Waals surface area contributed by atoms with Crippen molar-refractivity contribution in [1.82, 2.24) is 0 Å². The van der Waals surface area contributed by atoms with Crippen LogP contribution < -0.4 is 5.73 Å². The van der Waals surface area contributed by atoms with Crippen molar-refractivity contribution in [3.63, 3.8) is 0 Å². The van der Waals surface area contributed by atoms with Crippen LogP contribution in [-0.4, -0.2) is 10.9 Å². The smallest absolute Gasteiger partial charge is 0.154 e. The van der Waals surface area contributed by atoms with Gasteiger partial charge in [0.2, 0.25) is 0 Å². The van der Waals surface area contributed by atoms with Crippen molar-refractivity contribution >= 4 is 16.9 Å². The maximum absolute atomic E-state index is 13.8. The van der Waals surface area contributed by atoms with Crippen LogP contribution in [-0.2, 0) is 5.54 Å². The first-order valence-corrected chi connectivity index (χ1v) is 6.44. The number of halogens is 1. The fourth-order valence-electron chi connectivity index (χ4n) is 2.53. The minimum atomic E-state index is -0.348. The molecule has 2 N–H and O–H groups in total. The average molecular weight is 236 g/mol. The van der Waals surface area contributed by atoms with E-state index in [1.165, 1.54) is 6.07 Å². The van der Waals surface area contributed by atoms with E-state index in [1.807, 2.05) is 12.1 Å². The lowest BCUT2D eigenvalue weighted by atomic mass is 10.0. The standard InChI is InChI=1S/C12H13FN2S/c13-10-4-2-1-3-9(10)12-7-8(12)5-6-16-11(14)15-12/h1-4,8H,5-7H2,(H2,14,15)/t8-,12+/m1/s1. The van der Waals surface area contributed by atoms with Crippen molar-refractivity contribution in [3.8, 4) is 0 Å². The summed E-state index contributed by atoms with van der Waals surface area (Å²) in [6.07, 6.45) is 2.01. The van der Waals surface area contributed by atoms with Crippen LogP contribution in [0.25, 0.3) is 0 Å². The third-order valence-electron chi connectivity index (χ3n) is 3.44. The van der Waals surface area contributed by atoms with Gasteiger partial charge in [0.25, 0.3) is 0 Å². The molecule has 1 aliphatic carbocycles. The molecule has 4 heteroatoms. The first kappa shape index (κ1) is 10.1.